The van der Waals surface area contributed by atoms with Crippen LogP contribution in [0.2, 0.25) is 5.02 Å². The molecule has 0 atom stereocenters. The van der Waals surface area contributed by atoms with Crippen molar-refractivity contribution in [2.45, 2.75) is 13.5 Å². The molecule has 2 aromatic rings. The molecule has 0 spiro atoms. The summed E-state index contributed by atoms with van der Waals surface area (Å²) in [6, 6.07) is 15.3. The van der Waals surface area contributed by atoms with Gasteiger partial charge >= 0.3 is 0 Å². The maximum Gasteiger partial charge on any atom is 0.161 e. The second-order valence-electron chi connectivity index (χ2n) is 3.79. The fourth-order valence-corrected chi connectivity index (χ4v) is 1.71. The zero-order chi connectivity index (χ0) is 12.8. The third-order valence-corrected chi connectivity index (χ3v) is 2.71. The first kappa shape index (κ1) is 12.8. The fraction of sp³-hybridized carbons (Fsp3) is 0.200. The smallest absolute Gasteiger partial charge is 0.161 e. The lowest BCUT2D eigenvalue weighted by molar-refractivity contribution is 0.269. The van der Waals surface area contributed by atoms with Crippen molar-refractivity contribution in [2.24, 2.45) is 0 Å². The molecule has 0 amide bonds. The molecule has 0 aliphatic carbocycles. The molecule has 18 heavy (non-hydrogen) atoms. The molecule has 0 bridgehead atoms. The first-order valence-corrected chi connectivity index (χ1v) is 6.26. The van der Waals surface area contributed by atoms with Crippen molar-refractivity contribution in [1.82, 2.24) is 0 Å². The second kappa shape index (κ2) is 6.31. The molecule has 3 heteroatoms. The minimum atomic E-state index is 0.501. The van der Waals surface area contributed by atoms with Gasteiger partial charge in [-0.2, -0.15) is 0 Å². The van der Waals surface area contributed by atoms with E-state index < -0.39 is 0 Å². The molecule has 0 heterocycles. The Morgan fingerprint density at radius 3 is 2.11 bits per heavy atom. The van der Waals surface area contributed by atoms with Gasteiger partial charge in [0.05, 0.1) is 6.61 Å². The van der Waals surface area contributed by atoms with Crippen molar-refractivity contribution in [3.8, 4) is 11.5 Å². The third kappa shape index (κ3) is 3.41. The summed E-state index contributed by atoms with van der Waals surface area (Å²) >= 11 is 5.83. The van der Waals surface area contributed by atoms with E-state index in [9.17, 15) is 0 Å². The highest BCUT2D eigenvalue weighted by molar-refractivity contribution is 6.30. The molecular formula is C15H15ClO2. The highest BCUT2D eigenvalue weighted by Gasteiger charge is 2.03. The number of ether oxygens (including phenoxy) is 2. The predicted octanol–water partition coefficient (Wildman–Crippen LogP) is 4.32. The summed E-state index contributed by atoms with van der Waals surface area (Å²) < 4.78 is 11.2. The van der Waals surface area contributed by atoms with Crippen molar-refractivity contribution >= 4 is 11.6 Å². The molecule has 0 saturated heterocycles. The third-order valence-electron chi connectivity index (χ3n) is 2.46. The Morgan fingerprint density at radius 1 is 0.889 bits per heavy atom. The predicted molar refractivity (Wildman–Crippen MR) is 73.4 cm³/mol. The van der Waals surface area contributed by atoms with Gasteiger partial charge in [-0.15, -0.1) is 0 Å². The molecule has 0 aliphatic rings. The van der Waals surface area contributed by atoms with Gasteiger partial charge in [0, 0.05) is 5.02 Å². The summed E-state index contributed by atoms with van der Waals surface area (Å²) in [5.41, 5.74) is 1.07. The molecule has 0 saturated carbocycles. The average molecular weight is 263 g/mol. The molecule has 0 aliphatic heterocycles. The fourth-order valence-electron chi connectivity index (χ4n) is 1.59. The molecule has 0 fully saturated rings. The van der Waals surface area contributed by atoms with E-state index in [0.29, 0.717) is 13.2 Å². The van der Waals surface area contributed by atoms with Gasteiger partial charge in [-0.3, -0.25) is 0 Å². The number of para-hydroxylation sites is 2. The van der Waals surface area contributed by atoms with E-state index in [2.05, 4.69) is 0 Å². The van der Waals surface area contributed by atoms with Crippen molar-refractivity contribution < 1.29 is 9.47 Å². The summed E-state index contributed by atoms with van der Waals surface area (Å²) in [7, 11) is 0. The Hall–Kier alpha value is -1.67. The Morgan fingerprint density at radius 2 is 1.50 bits per heavy atom. The number of rotatable bonds is 5. The van der Waals surface area contributed by atoms with Gasteiger partial charge in [0.25, 0.3) is 0 Å². The van der Waals surface area contributed by atoms with E-state index in [1.165, 1.54) is 0 Å². The van der Waals surface area contributed by atoms with Gasteiger partial charge in [0.2, 0.25) is 0 Å². The molecule has 2 aromatic carbocycles. The molecule has 0 radical (unpaired) electrons. The van der Waals surface area contributed by atoms with Gasteiger partial charge in [0.15, 0.2) is 11.5 Å². The molecular weight excluding hydrogens is 248 g/mol. The Bertz CT molecular complexity index is 494. The van der Waals surface area contributed by atoms with Crippen LogP contribution in [0, 0.1) is 0 Å². The first-order chi connectivity index (χ1) is 8.79. The van der Waals surface area contributed by atoms with E-state index >= 15 is 0 Å². The van der Waals surface area contributed by atoms with Crippen LogP contribution in [0.1, 0.15) is 12.5 Å². The van der Waals surface area contributed by atoms with Gasteiger partial charge < -0.3 is 9.47 Å². The van der Waals surface area contributed by atoms with Gasteiger partial charge in [-0.25, -0.2) is 0 Å². The van der Waals surface area contributed by atoms with Crippen LogP contribution in [0.4, 0.5) is 0 Å². The quantitative estimate of drug-likeness (QED) is 0.799. The standard InChI is InChI=1S/C15H15ClO2/c1-2-17-14-5-3-4-6-15(14)18-11-12-7-9-13(16)10-8-12/h3-10H,2,11H2,1H3. The summed E-state index contributed by atoms with van der Waals surface area (Å²) in [6.45, 7) is 3.08. The molecule has 0 unspecified atom stereocenters. The normalized spacial score (nSPS) is 10.1. The van der Waals surface area contributed by atoms with Crippen LogP contribution in [0.3, 0.4) is 0 Å². The number of halogens is 1. The summed E-state index contributed by atoms with van der Waals surface area (Å²) in [4.78, 5) is 0. The molecule has 0 aromatic heterocycles. The summed E-state index contributed by atoms with van der Waals surface area (Å²) in [5.74, 6) is 1.53. The van der Waals surface area contributed by atoms with Crippen LogP contribution in [-0.4, -0.2) is 6.61 Å². The minimum absolute atomic E-state index is 0.501. The molecule has 94 valence electrons. The lowest BCUT2D eigenvalue weighted by Crippen LogP contribution is -1.99. The Balaban J connectivity index is 2.03. The highest BCUT2D eigenvalue weighted by Crippen LogP contribution is 2.27. The van der Waals surface area contributed by atoms with Crippen LogP contribution < -0.4 is 9.47 Å². The van der Waals surface area contributed by atoms with Gasteiger partial charge in [-0.1, -0.05) is 35.9 Å². The minimum Gasteiger partial charge on any atom is -0.490 e. The molecule has 0 N–H and O–H groups in total. The van der Waals surface area contributed by atoms with Crippen LogP contribution in [0.25, 0.3) is 0 Å². The van der Waals surface area contributed by atoms with Crippen LogP contribution >= 0.6 is 11.6 Å². The van der Waals surface area contributed by atoms with Crippen LogP contribution in [0.5, 0.6) is 11.5 Å². The summed E-state index contributed by atoms with van der Waals surface area (Å²) in [5, 5.41) is 0.730. The Labute approximate surface area is 112 Å². The number of hydrogen-bond donors (Lipinski definition) is 0. The Kier molecular flexibility index (Phi) is 4.48. The monoisotopic (exact) mass is 262 g/mol. The lowest BCUT2D eigenvalue weighted by atomic mass is 10.2. The zero-order valence-electron chi connectivity index (χ0n) is 10.2. The van der Waals surface area contributed by atoms with Gasteiger partial charge in [-0.05, 0) is 36.8 Å². The second-order valence-corrected chi connectivity index (χ2v) is 4.23. The van der Waals surface area contributed by atoms with Crippen LogP contribution in [-0.2, 0) is 6.61 Å². The summed E-state index contributed by atoms with van der Waals surface area (Å²) in [6.07, 6.45) is 0. The molecule has 2 nitrogen and oxygen atoms in total. The van der Waals surface area contributed by atoms with E-state index in [1.54, 1.807) is 0 Å². The van der Waals surface area contributed by atoms with Crippen molar-refractivity contribution in [2.75, 3.05) is 6.61 Å². The number of hydrogen-bond acceptors (Lipinski definition) is 2. The first-order valence-electron chi connectivity index (χ1n) is 5.88. The SMILES string of the molecule is CCOc1ccccc1OCc1ccc(Cl)cc1. The average Bonchev–Trinajstić information content (AvgIpc) is 2.40. The zero-order valence-corrected chi connectivity index (χ0v) is 11.0. The van der Waals surface area contributed by atoms with Crippen LogP contribution in [0.15, 0.2) is 48.5 Å². The van der Waals surface area contributed by atoms with E-state index in [4.69, 9.17) is 21.1 Å². The van der Waals surface area contributed by atoms with E-state index in [-0.39, 0.29) is 0 Å². The maximum atomic E-state index is 5.83. The lowest BCUT2D eigenvalue weighted by Gasteiger charge is -2.11. The topological polar surface area (TPSA) is 18.5 Å². The van der Waals surface area contributed by atoms with Crippen molar-refractivity contribution in [1.29, 1.82) is 0 Å². The largest absolute Gasteiger partial charge is 0.490 e. The maximum absolute atomic E-state index is 5.83. The van der Waals surface area contributed by atoms with Gasteiger partial charge in [0.1, 0.15) is 6.61 Å². The highest BCUT2D eigenvalue weighted by atomic mass is 35.5. The van der Waals surface area contributed by atoms with Crippen molar-refractivity contribution in [3.63, 3.8) is 0 Å². The number of benzene rings is 2. The van der Waals surface area contributed by atoms with E-state index in [0.717, 1.165) is 22.1 Å². The van der Waals surface area contributed by atoms with Crippen molar-refractivity contribution in [3.05, 3.63) is 59.1 Å². The molecule has 2 rings (SSSR count). The van der Waals surface area contributed by atoms with E-state index in [1.807, 2.05) is 55.5 Å².